The molecule has 2 fully saturated rings. The number of nitrogens with one attached hydrogen (secondary N) is 2. The summed E-state index contributed by atoms with van der Waals surface area (Å²) in [6, 6.07) is -0.243. The maximum Gasteiger partial charge on any atom is 0.329 e. The van der Waals surface area contributed by atoms with E-state index < -0.39 is 5.54 Å². The first-order chi connectivity index (χ1) is 7.50. The van der Waals surface area contributed by atoms with Crippen LogP contribution in [-0.2, 0) is 4.79 Å². The predicted octanol–water partition coefficient (Wildman–Crippen LogP) is -0.657. The molecule has 0 aliphatic carbocycles. The van der Waals surface area contributed by atoms with Crippen molar-refractivity contribution < 1.29 is 14.5 Å². The summed E-state index contributed by atoms with van der Waals surface area (Å²) in [6.07, 6.45) is 3.67. The van der Waals surface area contributed by atoms with Crippen molar-refractivity contribution in [3.8, 4) is 0 Å². The highest BCUT2D eigenvalue weighted by Crippen LogP contribution is 2.15. The molecule has 0 radical (unpaired) electrons. The van der Waals surface area contributed by atoms with Gasteiger partial charge in [-0.3, -0.25) is 4.79 Å². The lowest BCUT2D eigenvalue weighted by molar-refractivity contribution is -0.912. The molecule has 2 heterocycles. The minimum atomic E-state index is -0.730. The van der Waals surface area contributed by atoms with E-state index in [9.17, 15) is 9.59 Å². The molecule has 0 atom stereocenters. The third kappa shape index (κ3) is 2.04. The highest BCUT2D eigenvalue weighted by Gasteiger charge is 2.45. The summed E-state index contributed by atoms with van der Waals surface area (Å²) in [4.78, 5) is 26.3. The minimum Gasteiger partial charge on any atom is -0.323 e. The summed E-state index contributed by atoms with van der Waals surface area (Å²) in [6.45, 7) is 6.15. The molecule has 0 spiro atoms. The molecule has 16 heavy (non-hydrogen) atoms. The lowest BCUT2D eigenvalue weighted by Crippen LogP contribution is -3.14. The van der Waals surface area contributed by atoms with E-state index in [0.29, 0.717) is 6.67 Å². The highest BCUT2D eigenvalue weighted by molar-refractivity contribution is 6.06. The van der Waals surface area contributed by atoms with E-state index in [2.05, 4.69) is 5.32 Å². The predicted molar refractivity (Wildman–Crippen MR) is 58.9 cm³/mol. The van der Waals surface area contributed by atoms with Crippen LogP contribution in [0.2, 0.25) is 0 Å². The molecule has 2 aliphatic rings. The molecule has 2 saturated heterocycles. The van der Waals surface area contributed by atoms with Gasteiger partial charge in [-0.2, -0.15) is 0 Å². The smallest absolute Gasteiger partial charge is 0.323 e. The number of urea groups is 1. The molecule has 2 N–H and O–H groups in total. The summed E-state index contributed by atoms with van der Waals surface area (Å²) in [5.41, 5.74) is -0.730. The summed E-state index contributed by atoms with van der Waals surface area (Å²) in [5, 5.41) is 2.71. The van der Waals surface area contributed by atoms with Crippen molar-refractivity contribution in [2.75, 3.05) is 19.8 Å². The fourth-order valence-corrected chi connectivity index (χ4v) is 2.40. The quantitative estimate of drug-likeness (QED) is 0.614. The Morgan fingerprint density at radius 1 is 1.25 bits per heavy atom. The van der Waals surface area contributed by atoms with Crippen LogP contribution >= 0.6 is 0 Å². The molecule has 5 heteroatoms. The summed E-state index contributed by atoms with van der Waals surface area (Å²) >= 11 is 0. The Kier molecular flexibility index (Phi) is 2.88. The van der Waals surface area contributed by atoms with Crippen LogP contribution in [-0.4, -0.2) is 42.1 Å². The molecule has 2 aliphatic heterocycles. The first-order valence-corrected chi connectivity index (χ1v) is 5.98. The Morgan fingerprint density at radius 3 is 2.38 bits per heavy atom. The summed E-state index contributed by atoms with van der Waals surface area (Å²) in [7, 11) is 0. The van der Waals surface area contributed by atoms with E-state index in [0.717, 1.165) is 13.1 Å². The van der Waals surface area contributed by atoms with Crippen molar-refractivity contribution in [1.29, 1.82) is 0 Å². The largest absolute Gasteiger partial charge is 0.329 e. The van der Waals surface area contributed by atoms with Crippen molar-refractivity contribution in [1.82, 2.24) is 10.2 Å². The second-order valence-corrected chi connectivity index (χ2v) is 5.26. The van der Waals surface area contributed by atoms with Crippen molar-refractivity contribution in [2.45, 2.75) is 38.6 Å². The van der Waals surface area contributed by atoms with E-state index in [-0.39, 0.29) is 11.9 Å². The zero-order valence-electron chi connectivity index (χ0n) is 10.0. The number of rotatable bonds is 2. The highest BCUT2D eigenvalue weighted by atomic mass is 16.2. The van der Waals surface area contributed by atoms with Gasteiger partial charge in [0.05, 0.1) is 13.1 Å². The number of carbonyl (C=O) groups is 2. The summed E-state index contributed by atoms with van der Waals surface area (Å²) < 4.78 is 0. The van der Waals surface area contributed by atoms with Gasteiger partial charge in [-0.15, -0.1) is 0 Å². The molecule has 0 aromatic carbocycles. The van der Waals surface area contributed by atoms with E-state index >= 15 is 0 Å². The first-order valence-electron chi connectivity index (χ1n) is 5.98. The van der Waals surface area contributed by atoms with Gasteiger partial charge in [0, 0.05) is 0 Å². The number of imide groups is 1. The van der Waals surface area contributed by atoms with Crippen LogP contribution in [0.5, 0.6) is 0 Å². The monoisotopic (exact) mass is 226 g/mol. The Bertz CT molecular complexity index is 308. The first kappa shape index (κ1) is 11.4. The molecule has 5 nitrogen and oxygen atoms in total. The summed E-state index contributed by atoms with van der Waals surface area (Å²) in [5.74, 6) is -0.101. The van der Waals surface area contributed by atoms with Gasteiger partial charge in [0.15, 0.2) is 6.67 Å². The van der Waals surface area contributed by atoms with Gasteiger partial charge in [0.25, 0.3) is 5.91 Å². The Hall–Kier alpha value is -1.10. The van der Waals surface area contributed by atoms with Crippen LogP contribution in [0.3, 0.4) is 0 Å². The molecule has 0 aromatic heterocycles. The van der Waals surface area contributed by atoms with Gasteiger partial charge in [0.1, 0.15) is 5.54 Å². The maximum atomic E-state index is 11.9. The van der Waals surface area contributed by atoms with E-state index in [4.69, 9.17) is 0 Å². The zero-order valence-corrected chi connectivity index (χ0v) is 10.0. The van der Waals surface area contributed by atoms with Crippen LogP contribution in [0.25, 0.3) is 0 Å². The third-order valence-electron chi connectivity index (χ3n) is 3.39. The van der Waals surface area contributed by atoms with E-state index in [1.54, 1.807) is 13.8 Å². The van der Waals surface area contributed by atoms with Crippen molar-refractivity contribution in [2.24, 2.45) is 0 Å². The molecule has 0 bridgehead atoms. The Balaban J connectivity index is 1.99. The average Bonchev–Trinajstić information content (AvgIpc) is 2.42. The fraction of sp³-hybridized carbons (Fsp3) is 0.818. The van der Waals surface area contributed by atoms with Crippen LogP contribution in [0, 0.1) is 0 Å². The minimum absolute atomic E-state index is 0.101. The SMILES string of the molecule is CC1(C)NC(=O)N(C[NH+]2CCCCC2)C1=O. The topological polar surface area (TPSA) is 53.9 Å². The number of hydrogen-bond acceptors (Lipinski definition) is 2. The molecule has 3 amide bonds. The molecular weight excluding hydrogens is 206 g/mol. The number of quaternary nitrogens is 1. The number of amides is 3. The molecular formula is C11H20N3O2+. The van der Waals surface area contributed by atoms with Crippen LogP contribution in [0.15, 0.2) is 0 Å². The van der Waals surface area contributed by atoms with Gasteiger partial charge in [0.2, 0.25) is 0 Å². The van der Waals surface area contributed by atoms with Crippen LogP contribution in [0.1, 0.15) is 33.1 Å². The van der Waals surface area contributed by atoms with E-state index in [1.807, 2.05) is 0 Å². The maximum absolute atomic E-state index is 11.9. The van der Waals surface area contributed by atoms with Crippen molar-refractivity contribution in [3.63, 3.8) is 0 Å². The molecule has 0 saturated carbocycles. The standard InChI is InChI=1S/C11H19N3O2/c1-11(2)9(15)14(10(16)12-11)8-13-6-4-3-5-7-13/h3-8H2,1-2H3,(H,12,16)/p+1. The van der Waals surface area contributed by atoms with Gasteiger partial charge in [-0.1, -0.05) is 0 Å². The third-order valence-corrected chi connectivity index (χ3v) is 3.39. The van der Waals surface area contributed by atoms with Crippen LogP contribution < -0.4 is 10.2 Å². The van der Waals surface area contributed by atoms with Gasteiger partial charge >= 0.3 is 6.03 Å². The average molecular weight is 226 g/mol. The number of hydrogen-bond donors (Lipinski definition) is 2. The van der Waals surface area contributed by atoms with Gasteiger partial charge < -0.3 is 10.2 Å². The number of likely N-dealkylation sites (tertiary alicyclic amines) is 1. The lowest BCUT2D eigenvalue weighted by Gasteiger charge is -2.26. The van der Waals surface area contributed by atoms with Gasteiger partial charge in [-0.05, 0) is 33.1 Å². The van der Waals surface area contributed by atoms with Crippen molar-refractivity contribution >= 4 is 11.9 Å². The Morgan fingerprint density at radius 2 is 1.88 bits per heavy atom. The van der Waals surface area contributed by atoms with Crippen molar-refractivity contribution in [3.05, 3.63) is 0 Å². The lowest BCUT2D eigenvalue weighted by atomic mass is 10.1. The second kappa shape index (κ2) is 4.05. The fourth-order valence-electron chi connectivity index (χ4n) is 2.40. The number of carbonyl (C=O) groups excluding carboxylic acids is 2. The van der Waals surface area contributed by atoms with E-state index in [1.165, 1.54) is 29.1 Å². The zero-order chi connectivity index (χ0) is 11.8. The number of piperidine rings is 1. The normalized spacial score (nSPS) is 26.0. The molecule has 0 unspecified atom stereocenters. The second-order valence-electron chi connectivity index (χ2n) is 5.26. The molecule has 0 aromatic rings. The number of nitrogens with zero attached hydrogens (tertiary/aromatic N) is 1. The van der Waals surface area contributed by atoms with Crippen LogP contribution in [0.4, 0.5) is 4.79 Å². The molecule has 2 rings (SSSR count). The molecule has 90 valence electrons. The van der Waals surface area contributed by atoms with Gasteiger partial charge in [-0.25, -0.2) is 9.69 Å². The Labute approximate surface area is 95.8 Å².